The molecule has 0 radical (unpaired) electrons. The van der Waals surface area contributed by atoms with Gasteiger partial charge in [0.2, 0.25) is 0 Å². The second-order valence-electron chi connectivity index (χ2n) is 7.86. The van der Waals surface area contributed by atoms with Gasteiger partial charge in [0, 0.05) is 35.3 Å². The van der Waals surface area contributed by atoms with E-state index >= 15 is 0 Å². The molecule has 0 aromatic heterocycles. The molecule has 0 saturated heterocycles. The first-order valence-electron chi connectivity index (χ1n) is 11.2. The lowest BCUT2D eigenvalue weighted by Gasteiger charge is -2.25. The Morgan fingerprint density at radius 2 is 0.973 bits per heavy atom. The van der Waals surface area contributed by atoms with E-state index in [2.05, 4.69) is 13.2 Å². The van der Waals surface area contributed by atoms with Gasteiger partial charge in [-0.1, -0.05) is 25.3 Å². The number of hydrogen-bond acceptors (Lipinski definition) is 7. The summed E-state index contributed by atoms with van der Waals surface area (Å²) in [5, 5.41) is 19.5. The summed E-state index contributed by atoms with van der Waals surface area (Å²) < 4.78 is 10.5. The average molecular weight is 494 g/mol. The molecule has 0 atom stereocenters. The number of anilines is 3. The summed E-state index contributed by atoms with van der Waals surface area (Å²) in [5.41, 5.74) is 3.83. The summed E-state index contributed by atoms with van der Waals surface area (Å²) in [5.74, 6) is -0.621. The number of benzene rings is 4. The van der Waals surface area contributed by atoms with Crippen LogP contribution in [0.4, 0.5) is 17.1 Å². The van der Waals surface area contributed by atoms with E-state index in [-0.39, 0.29) is 23.0 Å². The lowest BCUT2D eigenvalue weighted by Crippen LogP contribution is -2.09. The highest BCUT2D eigenvalue weighted by Gasteiger charge is 2.14. The molecule has 37 heavy (non-hydrogen) atoms. The van der Waals surface area contributed by atoms with Gasteiger partial charge in [-0.05, 0) is 83.9 Å². The van der Waals surface area contributed by atoms with Crippen LogP contribution in [0.5, 0.6) is 23.0 Å². The predicted octanol–water partition coefficient (Wildman–Crippen LogP) is 6.42. The predicted molar refractivity (Wildman–Crippen MR) is 142 cm³/mol. The molecule has 4 aromatic rings. The molecule has 0 saturated carbocycles. The zero-order valence-electron chi connectivity index (χ0n) is 19.7. The number of phenolic OH excluding ortho intramolecular Hbond substituents is 2. The van der Waals surface area contributed by atoms with Gasteiger partial charge in [0.1, 0.15) is 23.0 Å². The van der Waals surface area contributed by atoms with Crippen LogP contribution >= 0.6 is 0 Å². The number of carbonyl (C=O) groups is 2. The van der Waals surface area contributed by atoms with Crippen LogP contribution in [0.15, 0.2) is 116 Å². The molecule has 7 heteroatoms. The Balaban J connectivity index is 1.73. The van der Waals surface area contributed by atoms with Crippen LogP contribution in [0.25, 0.3) is 11.1 Å². The van der Waals surface area contributed by atoms with Crippen molar-refractivity contribution in [1.29, 1.82) is 0 Å². The Hall–Kier alpha value is -5.30. The summed E-state index contributed by atoms with van der Waals surface area (Å²) in [6.07, 6.45) is 2.08. The third-order valence-corrected chi connectivity index (χ3v) is 5.32. The van der Waals surface area contributed by atoms with Gasteiger partial charge in [0.25, 0.3) is 0 Å². The van der Waals surface area contributed by atoms with Crippen molar-refractivity contribution >= 4 is 29.0 Å². The first-order chi connectivity index (χ1) is 17.9. The number of ether oxygens (including phenoxy) is 2. The minimum atomic E-state index is -0.646. The summed E-state index contributed by atoms with van der Waals surface area (Å²) >= 11 is 0. The van der Waals surface area contributed by atoms with Crippen molar-refractivity contribution in [3.05, 3.63) is 116 Å². The van der Waals surface area contributed by atoms with Crippen molar-refractivity contribution in [3.8, 4) is 34.1 Å². The summed E-state index contributed by atoms with van der Waals surface area (Å²) in [6, 6.07) is 25.8. The highest BCUT2D eigenvalue weighted by Crippen LogP contribution is 2.37. The van der Waals surface area contributed by atoms with Crippen LogP contribution < -0.4 is 14.4 Å². The summed E-state index contributed by atoms with van der Waals surface area (Å²) in [4.78, 5) is 25.5. The van der Waals surface area contributed by atoms with E-state index in [9.17, 15) is 19.8 Å². The third kappa shape index (κ3) is 6.04. The fourth-order valence-corrected chi connectivity index (χ4v) is 3.63. The normalized spacial score (nSPS) is 10.3. The van der Waals surface area contributed by atoms with Crippen molar-refractivity contribution < 1.29 is 29.3 Å². The van der Waals surface area contributed by atoms with Crippen LogP contribution in [0.2, 0.25) is 0 Å². The summed E-state index contributed by atoms with van der Waals surface area (Å²) in [6.45, 7) is 6.80. The van der Waals surface area contributed by atoms with Crippen LogP contribution in [0.3, 0.4) is 0 Å². The van der Waals surface area contributed by atoms with E-state index in [1.54, 1.807) is 60.7 Å². The van der Waals surface area contributed by atoms with Crippen LogP contribution in [0, 0.1) is 0 Å². The molecule has 0 aliphatic rings. The molecule has 7 nitrogen and oxygen atoms in total. The van der Waals surface area contributed by atoms with Crippen molar-refractivity contribution in [2.75, 3.05) is 4.90 Å². The maximum absolute atomic E-state index is 11.7. The highest BCUT2D eigenvalue weighted by atomic mass is 16.5. The molecule has 0 bridgehead atoms. The molecule has 4 rings (SSSR count). The van der Waals surface area contributed by atoms with Crippen LogP contribution in [0.1, 0.15) is 0 Å². The van der Waals surface area contributed by atoms with Crippen molar-refractivity contribution in [2.24, 2.45) is 0 Å². The van der Waals surface area contributed by atoms with E-state index in [0.29, 0.717) is 5.56 Å². The van der Waals surface area contributed by atoms with Gasteiger partial charge in [-0.15, -0.1) is 0 Å². The number of aromatic hydroxyl groups is 2. The number of rotatable bonds is 8. The third-order valence-electron chi connectivity index (χ3n) is 5.32. The molecule has 0 fully saturated rings. The Morgan fingerprint density at radius 1 is 0.595 bits per heavy atom. The van der Waals surface area contributed by atoms with Crippen molar-refractivity contribution in [3.63, 3.8) is 0 Å². The molecule has 184 valence electrons. The van der Waals surface area contributed by atoms with Gasteiger partial charge < -0.3 is 24.6 Å². The second kappa shape index (κ2) is 11.0. The number of hydrogen-bond donors (Lipinski definition) is 2. The second-order valence-corrected chi connectivity index (χ2v) is 7.86. The van der Waals surface area contributed by atoms with E-state index in [1.165, 1.54) is 6.07 Å². The first kappa shape index (κ1) is 24.8. The molecular formula is C30H23NO6. The van der Waals surface area contributed by atoms with Gasteiger partial charge >= 0.3 is 11.9 Å². The van der Waals surface area contributed by atoms with Crippen molar-refractivity contribution in [2.45, 2.75) is 0 Å². The number of nitrogens with zero attached hydrogens (tertiary/aromatic N) is 1. The summed E-state index contributed by atoms with van der Waals surface area (Å²) in [7, 11) is 0. The number of carbonyl (C=O) groups excluding carboxylic acids is 2. The minimum absolute atomic E-state index is 0.148. The Bertz CT molecular complexity index is 1360. The first-order valence-corrected chi connectivity index (χ1v) is 11.2. The molecule has 4 aromatic carbocycles. The average Bonchev–Trinajstić information content (AvgIpc) is 2.91. The zero-order valence-corrected chi connectivity index (χ0v) is 19.7. The fraction of sp³-hybridized carbons (Fsp3) is 0. The number of esters is 2. The van der Waals surface area contributed by atoms with E-state index in [0.717, 1.165) is 34.8 Å². The molecule has 0 unspecified atom stereocenters. The lowest BCUT2D eigenvalue weighted by molar-refractivity contribution is -0.129. The van der Waals surface area contributed by atoms with Crippen molar-refractivity contribution in [1.82, 2.24) is 0 Å². The smallest absolute Gasteiger partial charge is 0.335 e. The van der Waals surface area contributed by atoms with E-state index in [4.69, 9.17) is 9.47 Å². The highest BCUT2D eigenvalue weighted by molar-refractivity contribution is 5.86. The molecule has 0 heterocycles. The van der Waals surface area contributed by atoms with Gasteiger partial charge in [-0.3, -0.25) is 0 Å². The van der Waals surface area contributed by atoms with Gasteiger partial charge in [0.05, 0.1) is 0 Å². The molecule has 0 spiro atoms. The topological polar surface area (TPSA) is 96.3 Å². The lowest BCUT2D eigenvalue weighted by atomic mass is 10.0. The molecule has 0 amide bonds. The van der Waals surface area contributed by atoms with E-state index < -0.39 is 11.9 Å². The molecule has 0 aliphatic carbocycles. The maximum Gasteiger partial charge on any atom is 0.335 e. The number of phenols is 2. The molecule has 0 aliphatic heterocycles. The SMILES string of the molecule is C=CC(=O)Oc1cc(OC(=O)C=C)cc(-c2ccc(N(c3ccc(O)cc3)c3ccc(O)cc3)cc2)c1. The van der Waals surface area contributed by atoms with Crippen LogP contribution in [-0.4, -0.2) is 22.2 Å². The standard InChI is InChI=1S/C30H23NO6/c1-3-29(34)36-27-17-21(18-28(19-27)37-30(35)4-2)20-5-7-22(8-6-20)31(23-9-13-25(32)14-10-23)24-11-15-26(33)16-12-24/h3-19,32-33H,1-2H2. The van der Waals surface area contributed by atoms with E-state index in [1.807, 2.05) is 29.2 Å². The maximum atomic E-state index is 11.7. The van der Waals surface area contributed by atoms with Gasteiger partial charge in [0.15, 0.2) is 0 Å². The van der Waals surface area contributed by atoms with Gasteiger partial charge in [-0.2, -0.15) is 0 Å². The molecular weight excluding hydrogens is 470 g/mol. The zero-order chi connectivity index (χ0) is 26.4. The van der Waals surface area contributed by atoms with Crippen LogP contribution in [-0.2, 0) is 9.59 Å². The quantitative estimate of drug-likeness (QED) is 0.166. The Kier molecular flexibility index (Phi) is 7.35. The Labute approximate surface area is 213 Å². The fourth-order valence-electron chi connectivity index (χ4n) is 3.63. The molecule has 2 N–H and O–H groups in total. The Morgan fingerprint density at radius 3 is 1.35 bits per heavy atom. The van der Waals surface area contributed by atoms with Gasteiger partial charge in [-0.25, -0.2) is 9.59 Å². The largest absolute Gasteiger partial charge is 0.508 e. The minimum Gasteiger partial charge on any atom is -0.508 e. The monoisotopic (exact) mass is 493 g/mol.